The average Bonchev–Trinajstić information content (AvgIpc) is 2.89. The maximum Gasteiger partial charge on any atom is 0.0459 e. The van der Waals surface area contributed by atoms with E-state index in [0.717, 1.165) is 11.8 Å². The van der Waals surface area contributed by atoms with E-state index in [1.165, 1.54) is 36.1 Å². The number of likely N-dealkylation sites (N-methyl/N-ethyl adjacent to an activating group) is 1. The van der Waals surface area contributed by atoms with Crippen molar-refractivity contribution >= 4 is 10.9 Å². The number of nitrogens with zero attached hydrogens (tertiary/aromatic N) is 1. The van der Waals surface area contributed by atoms with Crippen molar-refractivity contribution in [2.45, 2.75) is 25.2 Å². The van der Waals surface area contributed by atoms with E-state index < -0.39 is 0 Å². The Hall–Kier alpha value is -1.28. The molecule has 2 nitrogen and oxygen atoms in total. The second-order valence-corrected chi connectivity index (χ2v) is 6.22. The van der Waals surface area contributed by atoms with E-state index in [9.17, 15) is 0 Å². The Kier molecular flexibility index (Phi) is 2.13. The standard InChI is InChI=1S/C16H20N2/c1-10-7-11-8-18(2)9-13(11)15-12-5-3-4-6-14(12)17-16(10)15/h3-6,10-11,13,17H,7-9H2,1-2H3/t10-,11-,13+/m0/s1. The predicted octanol–water partition coefficient (Wildman–Crippen LogP) is 3.32. The lowest BCUT2D eigenvalue weighted by atomic mass is 9.74. The highest BCUT2D eigenvalue weighted by atomic mass is 15.1. The molecule has 1 aromatic heterocycles. The first kappa shape index (κ1) is 10.6. The fourth-order valence-electron chi connectivity index (χ4n) is 4.20. The van der Waals surface area contributed by atoms with Gasteiger partial charge in [0, 0.05) is 35.6 Å². The molecule has 2 heteroatoms. The summed E-state index contributed by atoms with van der Waals surface area (Å²) >= 11 is 0. The van der Waals surface area contributed by atoms with Crippen LogP contribution in [-0.4, -0.2) is 30.0 Å². The van der Waals surface area contributed by atoms with Crippen molar-refractivity contribution in [2.24, 2.45) is 5.92 Å². The zero-order valence-electron chi connectivity index (χ0n) is 11.1. The highest BCUT2D eigenvalue weighted by Crippen LogP contribution is 2.48. The van der Waals surface area contributed by atoms with Gasteiger partial charge < -0.3 is 9.88 Å². The normalized spacial score (nSPS) is 31.6. The molecule has 2 aliphatic rings. The molecule has 2 heterocycles. The SMILES string of the molecule is C[C@H]1C[C@H]2CN(C)C[C@H]2c2c1[nH]c1ccccc21. The Balaban J connectivity index is 1.96. The number of aromatic nitrogens is 1. The van der Waals surface area contributed by atoms with Gasteiger partial charge in [0.1, 0.15) is 0 Å². The number of aromatic amines is 1. The summed E-state index contributed by atoms with van der Waals surface area (Å²) in [4.78, 5) is 6.17. The molecule has 2 aromatic rings. The van der Waals surface area contributed by atoms with Crippen LogP contribution in [0.4, 0.5) is 0 Å². The summed E-state index contributed by atoms with van der Waals surface area (Å²) in [5.74, 6) is 2.29. The van der Waals surface area contributed by atoms with Crippen LogP contribution in [0.3, 0.4) is 0 Å². The molecule has 0 saturated carbocycles. The van der Waals surface area contributed by atoms with Gasteiger partial charge in [-0.1, -0.05) is 25.1 Å². The zero-order valence-corrected chi connectivity index (χ0v) is 11.1. The Bertz CT molecular complexity index is 598. The van der Waals surface area contributed by atoms with Gasteiger partial charge in [0.15, 0.2) is 0 Å². The van der Waals surface area contributed by atoms with Crippen molar-refractivity contribution < 1.29 is 0 Å². The molecule has 1 N–H and O–H groups in total. The zero-order chi connectivity index (χ0) is 12.3. The van der Waals surface area contributed by atoms with E-state index in [1.807, 2.05) is 0 Å². The molecule has 0 spiro atoms. The van der Waals surface area contributed by atoms with Gasteiger partial charge in [0.05, 0.1) is 0 Å². The molecule has 18 heavy (non-hydrogen) atoms. The number of para-hydroxylation sites is 1. The third kappa shape index (κ3) is 1.33. The van der Waals surface area contributed by atoms with Crippen molar-refractivity contribution in [3.8, 4) is 0 Å². The van der Waals surface area contributed by atoms with Crippen molar-refractivity contribution in [3.05, 3.63) is 35.5 Å². The topological polar surface area (TPSA) is 19.0 Å². The molecule has 0 bridgehead atoms. The van der Waals surface area contributed by atoms with Gasteiger partial charge in [-0.3, -0.25) is 0 Å². The molecule has 94 valence electrons. The highest BCUT2D eigenvalue weighted by molar-refractivity contribution is 5.86. The molecule has 4 rings (SSSR count). The van der Waals surface area contributed by atoms with Crippen LogP contribution >= 0.6 is 0 Å². The van der Waals surface area contributed by atoms with E-state index in [0.29, 0.717) is 5.92 Å². The molecule has 1 aromatic carbocycles. The summed E-state index contributed by atoms with van der Waals surface area (Å²) in [6.07, 6.45) is 1.34. The monoisotopic (exact) mass is 240 g/mol. The molecule has 0 radical (unpaired) electrons. The molecule has 1 saturated heterocycles. The first-order valence-electron chi connectivity index (χ1n) is 7.03. The lowest BCUT2D eigenvalue weighted by Crippen LogP contribution is -2.20. The van der Waals surface area contributed by atoms with Crippen LogP contribution in [0, 0.1) is 5.92 Å². The number of likely N-dealkylation sites (tertiary alicyclic amines) is 1. The minimum Gasteiger partial charge on any atom is -0.358 e. The summed E-state index contributed by atoms with van der Waals surface area (Å²) < 4.78 is 0. The average molecular weight is 240 g/mol. The van der Waals surface area contributed by atoms with Crippen LogP contribution in [-0.2, 0) is 0 Å². The molecule has 0 amide bonds. The van der Waals surface area contributed by atoms with Crippen molar-refractivity contribution in [1.29, 1.82) is 0 Å². The second-order valence-electron chi connectivity index (χ2n) is 6.22. The summed E-state index contributed by atoms with van der Waals surface area (Å²) in [6, 6.07) is 8.81. The lowest BCUT2D eigenvalue weighted by Gasteiger charge is -2.29. The number of rotatable bonds is 0. The van der Waals surface area contributed by atoms with Gasteiger partial charge in [0.2, 0.25) is 0 Å². The maximum absolute atomic E-state index is 3.67. The summed E-state index contributed by atoms with van der Waals surface area (Å²) in [5.41, 5.74) is 4.45. The van der Waals surface area contributed by atoms with E-state index in [-0.39, 0.29) is 0 Å². The van der Waals surface area contributed by atoms with Crippen molar-refractivity contribution in [2.75, 3.05) is 20.1 Å². The number of hydrogen-bond donors (Lipinski definition) is 1. The maximum atomic E-state index is 3.67. The first-order chi connectivity index (χ1) is 8.74. The number of H-pyrrole nitrogens is 1. The van der Waals surface area contributed by atoms with Gasteiger partial charge in [-0.15, -0.1) is 0 Å². The fourth-order valence-corrected chi connectivity index (χ4v) is 4.20. The van der Waals surface area contributed by atoms with Crippen LogP contribution in [0.15, 0.2) is 24.3 Å². The molecule has 1 aliphatic carbocycles. The third-order valence-electron chi connectivity index (χ3n) is 4.92. The molecular weight excluding hydrogens is 220 g/mol. The van der Waals surface area contributed by atoms with E-state index in [1.54, 1.807) is 5.56 Å². The quantitative estimate of drug-likeness (QED) is 0.748. The van der Waals surface area contributed by atoms with Gasteiger partial charge in [0.25, 0.3) is 0 Å². The summed E-state index contributed by atoms with van der Waals surface area (Å²) in [6.45, 7) is 4.88. The van der Waals surface area contributed by atoms with Crippen molar-refractivity contribution in [3.63, 3.8) is 0 Å². The summed E-state index contributed by atoms with van der Waals surface area (Å²) in [5, 5.41) is 1.46. The van der Waals surface area contributed by atoms with Crippen LogP contribution in [0.5, 0.6) is 0 Å². The van der Waals surface area contributed by atoms with E-state index in [4.69, 9.17) is 0 Å². The molecule has 3 atom stereocenters. The van der Waals surface area contributed by atoms with Crippen molar-refractivity contribution in [1.82, 2.24) is 9.88 Å². The molecular formula is C16H20N2. The Morgan fingerprint density at radius 3 is 2.94 bits per heavy atom. The van der Waals surface area contributed by atoms with Gasteiger partial charge >= 0.3 is 0 Å². The minimum atomic E-state index is 0.681. The van der Waals surface area contributed by atoms with Crippen LogP contribution in [0.25, 0.3) is 10.9 Å². The summed E-state index contributed by atoms with van der Waals surface area (Å²) in [7, 11) is 2.26. The Morgan fingerprint density at radius 1 is 1.22 bits per heavy atom. The van der Waals surface area contributed by atoms with Gasteiger partial charge in [-0.25, -0.2) is 0 Å². The molecule has 1 aliphatic heterocycles. The van der Waals surface area contributed by atoms with E-state index in [2.05, 4.69) is 48.1 Å². The Morgan fingerprint density at radius 2 is 2.06 bits per heavy atom. The minimum absolute atomic E-state index is 0.681. The second kappa shape index (κ2) is 3.61. The van der Waals surface area contributed by atoms with Crippen LogP contribution < -0.4 is 0 Å². The van der Waals surface area contributed by atoms with Gasteiger partial charge in [-0.2, -0.15) is 0 Å². The number of nitrogens with one attached hydrogen (secondary N) is 1. The fraction of sp³-hybridized carbons (Fsp3) is 0.500. The Labute approximate surface area is 108 Å². The molecule has 1 fully saturated rings. The predicted molar refractivity (Wildman–Crippen MR) is 75.1 cm³/mol. The van der Waals surface area contributed by atoms with Gasteiger partial charge in [-0.05, 0) is 36.9 Å². The molecule has 0 unspecified atom stereocenters. The number of fused-ring (bicyclic) bond motifs is 5. The number of benzene rings is 1. The highest BCUT2D eigenvalue weighted by Gasteiger charge is 2.40. The largest absolute Gasteiger partial charge is 0.358 e. The van der Waals surface area contributed by atoms with Crippen LogP contribution in [0.2, 0.25) is 0 Å². The lowest BCUT2D eigenvalue weighted by molar-refractivity contribution is 0.371. The van der Waals surface area contributed by atoms with Crippen LogP contribution in [0.1, 0.15) is 36.4 Å². The third-order valence-corrected chi connectivity index (χ3v) is 4.92. The smallest absolute Gasteiger partial charge is 0.0459 e. The van der Waals surface area contributed by atoms with E-state index >= 15 is 0 Å². The number of hydrogen-bond acceptors (Lipinski definition) is 1. The first-order valence-corrected chi connectivity index (χ1v) is 7.03.